The van der Waals surface area contributed by atoms with E-state index in [9.17, 15) is 13.2 Å². The molecule has 0 fully saturated rings. The van der Waals surface area contributed by atoms with Crippen molar-refractivity contribution in [2.75, 3.05) is 5.75 Å². The summed E-state index contributed by atoms with van der Waals surface area (Å²) < 4.78 is 27.7. The average Bonchev–Trinajstić information content (AvgIpc) is 2.45. The van der Waals surface area contributed by atoms with Gasteiger partial charge in [-0.3, -0.25) is 4.79 Å². The predicted molar refractivity (Wildman–Crippen MR) is 82.5 cm³/mol. The minimum atomic E-state index is -3.50. The van der Waals surface area contributed by atoms with E-state index in [0.29, 0.717) is 18.7 Å². The molecular weight excluding hydrogens is 290 g/mol. The van der Waals surface area contributed by atoms with E-state index in [1.165, 1.54) is 6.92 Å². The van der Waals surface area contributed by atoms with Crippen molar-refractivity contribution < 1.29 is 17.4 Å². The summed E-state index contributed by atoms with van der Waals surface area (Å²) in [7, 11) is -3.50. The normalized spacial score (nSPS) is 11.5. The molecule has 0 saturated heterocycles. The largest absolute Gasteiger partial charge is 0.382 e. The number of nitrogens with zero attached hydrogens (tertiary/aromatic N) is 1. The number of carbonyl (C=O) groups is 1. The lowest BCUT2D eigenvalue weighted by Crippen LogP contribution is -2.35. The highest BCUT2D eigenvalue weighted by molar-refractivity contribution is 7.87. The van der Waals surface area contributed by atoms with Gasteiger partial charge in [-0.15, -0.1) is 0 Å². The fourth-order valence-electron chi connectivity index (χ4n) is 1.81. The van der Waals surface area contributed by atoms with Crippen LogP contribution in [0, 0.1) is 0 Å². The van der Waals surface area contributed by atoms with Crippen LogP contribution in [0.3, 0.4) is 0 Å². The lowest BCUT2D eigenvalue weighted by molar-refractivity contribution is -0.133. The van der Waals surface area contributed by atoms with Crippen LogP contribution in [-0.2, 0) is 21.5 Å². The maximum atomic E-state index is 11.9. The predicted octanol–water partition coefficient (Wildman–Crippen LogP) is 2.56. The molecule has 0 aliphatic carbocycles. The molecule has 118 valence electrons. The van der Waals surface area contributed by atoms with Crippen molar-refractivity contribution in [2.45, 2.75) is 46.7 Å². The maximum absolute atomic E-state index is 11.9. The molecule has 0 aliphatic rings. The van der Waals surface area contributed by atoms with Gasteiger partial charge in [-0.2, -0.15) is 8.42 Å². The van der Waals surface area contributed by atoms with E-state index in [1.807, 2.05) is 20.8 Å². The molecule has 1 aromatic carbocycles. The molecule has 0 aromatic heterocycles. The van der Waals surface area contributed by atoms with E-state index in [4.69, 9.17) is 4.18 Å². The highest BCUT2D eigenvalue weighted by Crippen LogP contribution is 2.17. The van der Waals surface area contributed by atoms with Crippen LogP contribution >= 0.6 is 0 Å². The van der Waals surface area contributed by atoms with E-state index in [-0.39, 0.29) is 17.7 Å². The third-order valence-electron chi connectivity index (χ3n) is 3.10. The minimum absolute atomic E-state index is 0.0686. The molecule has 0 spiro atoms. The molecule has 0 radical (unpaired) electrons. The number of benzene rings is 1. The Morgan fingerprint density at radius 3 is 2.19 bits per heavy atom. The Hall–Kier alpha value is -1.56. The Balaban J connectivity index is 2.80. The molecule has 1 aromatic rings. The first-order valence-electron chi connectivity index (χ1n) is 7.09. The van der Waals surface area contributed by atoms with Crippen molar-refractivity contribution in [1.29, 1.82) is 0 Å². The SMILES string of the molecule is CCC(=O)N(Cc1ccc(OS(=O)(=O)CC)cc1)C(C)C. The molecule has 0 saturated carbocycles. The molecule has 1 amide bonds. The van der Waals surface area contributed by atoms with Crippen molar-refractivity contribution in [3.05, 3.63) is 29.8 Å². The summed E-state index contributed by atoms with van der Waals surface area (Å²) >= 11 is 0. The van der Waals surface area contributed by atoms with Crippen LogP contribution < -0.4 is 4.18 Å². The van der Waals surface area contributed by atoms with E-state index in [1.54, 1.807) is 29.2 Å². The van der Waals surface area contributed by atoms with Crippen LogP contribution in [0.5, 0.6) is 5.75 Å². The van der Waals surface area contributed by atoms with Gasteiger partial charge in [0, 0.05) is 19.0 Å². The zero-order valence-electron chi connectivity index (χ0n) is 13.0. The minimum Gasteiger partial charge on any atom is -0.382 e. The quantitative estimate of drug-likeness (QED) is 0.726. The molecule has 6 heteroatoms. The molecule has 0 heterocycles. The van der Waals surface area contributed by atoms with Gasteiger partial charge in [-0.25, -0.2) is 0 Å². The second-order valence-electron chi connectivity index (χ2n) is 5.04. The molecule has 0 atom stereocenters. The highest BCUT2D eigenvalue weighted by Gasteiger charge is 2.15. The van der Waals surface area contributed by atoms with E-state index >= 15 is 0 Å². The summed E-state index contributed by atoms with van der Waals surface area (Å²) in [5.41, 5.74) is 0.937. The summed E-state index contributed by atoms with van der Waals surface area (Å²) in [5, 5.41) is 0. The van der Waals surface area contributed by atoms with Crippen LogP contribution in [0.25, 0.3) is 0 Å². The molecule has 21 heavy (non-hydrogen) atoms. The van der Waals surface area contributed by atoms with Crippen molar-refractivity contribution in [2.24, 2.45) is 0 Å². The third kappa shape index (κ3) is 5.38. The summed E-state index contributed by atoms with van der Waals surface area (Å²) in [5.74, 6) is 0.318. The summed E-state index contributed by atoms with van der Waals surface area (Å²) in [4.78, 5) is 13.7. The highest BCUT2D eigenvalue weighted by atomic mass is 32.2. The van der Waals surface area contributed by atoms with Crippen LogP contribution in [0.1, 0.15) is 39.7 Å². The van der Waals surface area contributed by atoms with Gasteiger partial charge in [0.2, 0.25) is 5.91 Å². The summed E-state index contributed by atoms with van der Waals surface area (Å²) in [6.07, 6.45) is 0.466. The first-order valence-corrected chi connectivity index (χ1v) is 8.67. The first-order chi connectivity index (χ1) is 9.79. The topological polar surface area (TPSA) is 63.7 Å². The van der Waals surface area contributed by atoms with E-state index < -0.39 is 10.1 Å². The van der Waals surface area contributed by atoms with Crippen LogP contribution in [0.15, 0.2) is 24.3 Å². The fraction of sp³-hybridized carbons (Fsp3) is 0.533. The Labute approximate surface area is 127 Å². The molecule has 0 bridgehead atoms. The fourth-order valence-corrected chi connectivity index (χ4v) is 2.34. The number of hydrogen-bond acceptors (Lipinski definition) is 4. The summed E-state index contributed by atoms with van der Waals surface area (Å²) in [6, 6.07) is 6.89. The van der Waals surface area contributed by atoms with Gasteiger partial charge in [0.25, 0.3) is 0 Å². The third-order valence-corrected chi connectivity index (χ3v) is 4.25. The van der Waals surface area contributed by atoms with Crippen molar-refractivity contribution >= 4 is 16.0 Å². The number of rotatable bonds is 7. The van der Waals surface area contributed by atoms with Gasteiger partial charge in [0.05, 0.1) is 5.75 Å². The molecule has 5 nitrogen and oxygen atoms in total. The maximum Gasteiger partial charge on any atom is 0.308 e. The van der Waals surface area contributed by atoms with Crippen molar-refractivity contribution in [3.63, 3.8) is 0 Å². The lowest BCUT2D eigenvalue weighted by Gasteiger charge is -2.26. The van der Waals surface area contributed by atoms with Gasteiger partial charge in [0.15, 0.2) is 0 Å². The van der Waals surface area contributed by atoms with Gasteiger partial charge in [-0.1, -0.05) is 19.1 Å². The smallest absolute Gasteiger partial charge is 0.308 e. The van der Waals surface area contributed by atoms with Gasteiger partial charge in [0.1, 0.15) is 5.75 Å². The average molecular weight is 313 g/mol. The van der Waals surface area contributed by atoms with Crippen LogP contribution in [0.4, 0.5) is 0 Å². The zero-order chi connectivity index (χ0) is 16.0. The monoisotopic (exact) mass is 313 g/mol. The molecule has 0 aliphatic heterocycles. The Kier molecular flexibility index (Phi) is 6.20. The lowest BCUT2D eigenvalue weighted by atomic mass is 10.1. The van der Waals surface area contributed by atoms with Gasteiger partial charge < -0.3 is 9.08 Å². The number of hydrogen-bond donors (Lipinski definition) is 0. The van der Waals surface area contributed by atoms with Crippen LogP contribution in [0.2, 0.25) is 0 Å². The standard InChI is InChI=1S/C15H23NO4S/c1-5-15(17)16(12(3)4)11-13-7-9-14(10-8-13)20-21(18,19)6-2/h7-10,12H,5-6,11H2,1-4H3. The van der Waals surface area contributed by atoms with E-state index in [2.05, 4.69) is 0 Å². The zero-order valence-corrected chi connectivity index (χ0v) is 13.8. The van der Waals surface area contributed by atoms with Crippen LogP contribution in [-0.4, -0.2) is 31.0 Å². The Morgan fingerprint density at radius 2 is 1.76 bits per heavy atom. The van der Waals surface area contributed by atoms with Gasteiger partial charge >= 0.3 is 10.1 Å². The molecular formula is C15H23NO4S. The number of amides is 1. The number of carbonyl (C=O) groups excluding carboxylic acids is 1. The summed E-state index contributed by atoms with van der Waals surface area (Å²) in [6.45, 7) is 7.81. The molecule has 1 rings (SSSR count). The van der Waals surface area contributed by atoms with Gasteiger partial charge in [-0.05, 0) is 38.5 Å². The molecule has 0 N–H and O–H groups in total. The first kappa shape index (κ1) is 17.5. The second kappa shape index (κ2) is 7.45. The van der Waals surface area contributed by atoms with E-state index in [0.717, 1.165) is 5.56 Å². The Morgan fingerprint density at radius 1 is 1.19 bits per heavy atom. The van der Waals surface area contributed by atoms with Crippen molar-refractivity contribution in [3.8, 4) is 5.75 Å². The second-order valence-corrected chi connectivity index (χ2v) is 6.90. The molecule has 0 unspecified atom stereocenters. The van der Waals surface area contributed by atoms with Crippen molar-refractivity contribution in [1.82, 2.24) is 4.90 Å². The Bertz CT molecular complexity index is 564.